The Morgan fingerprint density at radius 1 is 0.575 bits per heavy atom. The second-order valence-corrected chi connectivity index (χ2v) is 8.82. The zero-order valence-electron chi connectivity index (χ0n) is 22.4. The molecule has 3 aromatic rings. The molecular weight excluding hydrogens is 508 g/mol. The minimum Gasteiger partial charge on any atom is -0.326 e. The lowest BCUT2D eigenvalue weighted by Crippen LogP contribution is -2.18. The first-order valence-corrected chi connectivity index (χ1v) is 12.9. The van der Waals surface area contributed by atoms with Crippen molar-refractivity contribution in [3.63, 3.8) is 0 Å². The summed E-state index contributed by atoms with van der Waals surface area (Å²) < 4.78 is 0. The van der Waals surface area contributed by atoms with E-state index in [1.807, 2.05) is 13.8 Å². The Labute approximate surface area is 233 Å². The molecule has 0 saturated heterocycles. The molecule has 10 nitrogen and oxygen atoms in total. The van der Waals surface area contributed by atoms with Crippen molar-refractivity contribution in [2.45, 2.75) is 39.5 Å². The maximum atomic E-state index is 12.3. The van der Waals surface area contributed by atoms with E-state index >= 15 is 0 Å². The minimum atomic E-state index is -0.377. The number of carbonyl (C=O) groups excluding carboxylic acids is 4. The second-order valence-electron chi connectivity index (χ2n) is 8.82. The van der Waals surface area contributed by atoms with E-state index in [1.54, 1.807) is 72.8 Å². The van der Waals surface area contributed by atoms with Crippen molar-refractivity contribution in [3.8, 4) is 0 Å². The Morgan fingerprint density at radius 2 is 0.925 bits per heavy atom. The van der Waals surface area contributed by atoms with Crippen LogP contribution in [0.2, 0.25) is 0 Å². The van der Waals surface area contributed by atoms with Crippen LogP contribution in [0.4, 0.5) is 11.4 Å². The summed E-state index contributed by atoms with van der Waals surface area (Å²) in [7, 11) is 0. The van der Waals surface area contributed by atoms with Gasteiger partial charge in [0, 0.05) is 35.3 Å². The Hall–Kier alpha value is -5.12. The first-order chi connectivity index (χ1) is 19.4. The number of amides is 4. The standard InChI is InChI=1S/C30H32N6O4/c1-3-5-27(37)33-25-15-11-23(12-16-25)29(39)35-31-19-21-7-9-22(10-8-21)20-32-36-30(40)24-13-17-26(18-14-24)34-28(38)6-4-2/h7-20H,3-6H2,1-2H3,(H,33,37)(H,34,38)(H,35,39)(H,36,40). The largest absolute Gasteiger partial charge is 0.326 e. The van der Waals surface area contributed by atoms with Crippen LogP contribution >= 0.6 is 0 Å². The van der Waals surface area contributed by atoms with Crippen LogP contribution < -0.4 is 21.5 Å². The molecule has 206 valence electrons. The van der Waals surface area contributed by atoms with E-state index in [1.165, 1.54) is 12.4 Å². The number of benzene rings is 3. The Balaban J connectivity index is 1.44. The van der Waals surface area contributed by atoms with Gasteiger partial charge in [-0.05, 0) is 72.5 Å². The van der Waals surface area contributed by atoms with E-state index in [0.717, 1.165) is 24.0 Å². The van der Waals surface area contributed by atoms with E-state index in [0.29, 0.717) is 35.3 Å². The van der Waals surface area contributed by atoms with Crippen molar-refractivity contribution in [2.24, 2.45) is 10.2 Å². The van der Waals surface area contributed by atoms with Crippen LogP contribution in [0.1, 0.15) is 71.4 Å². The summed E-state index contributed by atoms with van der Waals surface area (Å²) >= 11 is 0. The SMILES string of the molecule is CCCC(=O)Nc1ccc(C(=O)NN=Cc2ccc(C=NNC(=O)c3ccc(NC(=O)CCC)cc3)cc2)cc1. The molecule has 4 amide bonds. The Bertz CT molecular complexity index is 1260. The maximum Gasteiger partial charge on any atom is 0.271 e. The number of nitrogens with one attached hydrogen (secondary N) is 4. The summed E-state index contributed by atoms with van der Waals surface area (Å²) in [6, 6.07) is 20.3. The Morgan fingerprint density at radius 3 is 1.25 bits per heavy atom. The molecule has 0 heterocycles. The smallest absolute Gasteiger partial charge is 0.271 e. The lowest BCUT2D eigenvalue weighted by atomic mass is 10.1. The summed E-state index contributed by atoms with van der Waals surface area (Å²) in [6.45, 7) is 3.86. The van der Waals surface area contributed by atoms with Crippen molar-refractivity contribution in [2.75, 3.05) is 10.6 Å². The second kappa shape index (κ2) is 15.3. The molecule has 0 unspecified atom stereocenters. The first-order valence-electron chi connectivity index (χ1n) is 12.9. The zero-order valence-corrected chi connectivity index (χ0v) is 22.4. The molecule has 3 rings (SSSR count). The monoisotopic (exact) mass is 540 g/mol. The van der Waals surface area contributed by atoms with Crippen LogP contribution in [0.5, 0.6) is 0 Å². The molecule has 0 atom stereocenters. The van der Waals surface area contributed by atoms with Crippen molar-refractivity contribution in [1.29, 1.82) is 0 Å². The van der Waals surface area contributed by atoms with Gasteiger partial charge in [-0.1, -0.05) is 38.1 Å². The fourth-order valence-electron chi connectivity index (χ4n) is 3.44. The van der Waals surface area contributed by atoms with E-state index in [9.17, 15) is 19.2 Å². The highest BCUT2D eigenvalue weighted by Crippen LogP contribution is 2.11. The first kappa shape index (κ1) is 29.4. The van der Waals surface area contributed by atoms with Gasteiger partial charge in [0.1, 0.15) is 0 Å². The molecule has 0 radical (unpaired) electrons. The van der Waals surface area contributed by atoms with Gasteiger partial charge in [0.15, 0.2) is 0 Å². The summed E-state index contributed by atoms with van der Waals surface area (Å²) in [4.78, 5) is 47.9. The highest BCUT2D eigenvalue weighted by atomic mass is 16.2. The number of carbonyl (C=O) groups is 4. The molecule has 3 aromatic carbocycles. The van der Waals surface area contributed by atoms with Crippen molar-refractivity contribution < 1.29 is 19.2 Å². The van der Waals surface area contributed by atoms with Crippen LogP contribution in [-0.4, -0.2) is 36.1 Å². The molecule has 0 aromatic heterocycles. The summed E-state index contributed by atoms with van der Waals surface area (Å²) in [6.07, 6.45) is 5.43. The number of hydrogen-bond donors (Lipinski definition) is 4. The molecule has 0 bridgehead atoms. The van der Waals surface area contributed by atoms with Gasteiger partial charge in [0.05, 0.1) is 12.4 Å². The molecule has 0 spiro atoms. The lowest BCUT2D eigenvalue weighted by molar-refractivity contribution is -0.117. The van der Waals surface area contributed by atoms with Crippen molar-refractivity contribution in [1.82, 2.24) is 10.9 Å². The number of rotatable bonds is 12. The van der Waals surface area contributed by atoms with Gasteiger partial charge in [-0.2, -0.15) is 10.2 Å². The third-order valence-electron chi connectivity index (χ3n) is 5.51. The normalized spacial score (nSPS) is 10.8. The van der Waals surface area contributed by atoms with Crippen LogP contribution in [0.3, 0.4) is 0 Å². The van der Waals surface area contributed by atoms with Gasteiger partial charge in [0.25, 0.3) is 11.8 Å². The average Bonchev–Trinajstić information content (AvgIpc) is 2.95. The van der Waals surface area contributed by atoms with Gasteiger partial charge in [0.2, 0.25) is 11.8 Å². The summed E-state index contributed by atoms with van der Waals surface area (Å²) in [5.41, 5.74) is 8.53. The number of nitrogens with zero attached hydrogens (tertiary/aromatic N) is 2. The van der Waals surface area contributed by atoms with Crippen LogP contribution in [0.15, 0.2) is 83.0 Å². The predicted octanol–water partition coefficient (Wildman–Crippen LogP) is 4.69. The molecule has 0 aliphatic heterocycles. The van der Waals surface area contributed by atoms with Crippen LogP contribution in [0, 0.1) is 0 Å². The zero-order chi connectivity index (χ0) is 28.7. The third-order valence-corrected chi connectivity index (χ3v) is 5.51. The number of anilines is 2. The fourth-order valence-corrected chi connectivity index (χ4v) is 3.44. The lowest BCUT2D eigenvalue weighted by Gasteiger charge is -2.05. The topological polar surface area (TPSA) is 141 Å². The van der Waals surface area contributed by atoms with E-state index in [4.69, 9.17) is 0 Å². The molecule has 10 heteroatoms. The number of hydrogen-bond acceptors (Lipinski definition) is 6. The predicted molar refractivity (Wildman–Crippen MR) is 157 cm³/mol. The van der Waals surface area contributed by atoms with E-state index < -0.39 is 0 Å². The van der Waals surface area contributed by atoms with Crippen LogP contribution in [-0.2, 0) is 9.59 Å². The van der Waals surface area contributed by atoms with Gasteiger partial charge in [-0.3, -0.25) is 19.2 Å². The van der Waals surface area contributed by atoms with Gasteiger partial charge in [-0.15, -0.1) is 0 Å². The maximum absolute atomic E-state index is 12.3. The molecule has 0 aliphatic rings. The van der Waals surface area contributed by atoms with Crippen molar-refractivity contribution in [3.05, 3.63) is 95.1 Å². The van der Waals surface area contributed by atoms with Gasteiger partial charge < -0.3 is 10.6 Å². The average molecular weight is 541 g/mol. The molecular formula is C30H32N6O4. The quantitative estimate of drug-likeness (QED) is 0.195. The Kier molecular flexibility index (Phi) is 11.3. The number of hydrazone groups is 2. The fraction of sp³-hybridized carbons (Fsp3) is 0.200. The molecule has 40 heavy (non-hydrogen) atoms. The van der Waals surface area contributed by atoms with E-state index in [-0.39, 0.29) is 23.6 Å². The molecule has 0 aliphatic carbocycles. The van der Waals surface area contributed by atoms with Gasteiger partial charge >= 0.3 is 0 Å². The molecule has 4 N–H and O–H groups in total. The minimum absolute atomic E-state index is 0.0663. The highest BCUT2D eigenvalue weighted by Gasteiger charge is 2.07. The molecule has 0 fully saturated rings. The van der Waals surface area contributed by atoms with Crippen molar-refractivity contribution >= 4 is 47.4 Å². The summed E-state index contributed by atoms with van der Waals surface area (Å²) in [5.74, 6) is -0.886. The summed E-state index contributed by atoms with van der Waals surface area (Å²) in [5, 5.41) is 13.5. The molecule has 0 saturated carbocycles. The van der Waals surface area contributed by atoms with Crippen LogP contribution in [0.25, 0.3) is 0 Å². The third kappa shape index (κ3) is 9.64. The van der Waals surface area contributed by atoms with E-state index in [2.05, 4.69) is 31.7 Å². The highest BCUT2D eigenvalue weighted by molar-refractivity contribution is 5.97. The van der Waals surface area contributed by atoms with Gasteiger partial charge in [-0.25, -0.2) is 10.9 Å².